The van der Waals surface area contributed by atoms with Gasteiger partial charge in [0.1, 0.15) is 0 Å². The lowest BCUT2D eigenvalue weighted by molar-refractivity contribution is -0.137. The lowest BCUT2D eigenvalue weighted by Gasteiger charge is -2.14. The fourth-order valence-electron chi connectivity index (χ4n) is 2.12. The highest BCUT2D eigenvalue weighted by Crippen LogP contribution is 2.29. The maximum absolute atomic E-state index is 12.5. The highest BCUT2D eigenvalue weighted by atomic mass is 19.4. The molecule has 1 N–H and O–H groups in total. The summed E-state index contributed by atoms with van der Waals surface area (Å²) in [4.78, 5) is 0. The summed E-state index contributed by atoms with van der Waals surface area (Å²) in [6.45, 7) is 1.47. The zero-order valence-electron chi connectivity index (χ0n) is 9.91. The predicted octanol–water partition coefficient (Wildman–Crippen LogP) is 1.93. The molecule has 0 aliphatic carbocycles. The monoisotopic (exact) mass is 268 g/mol. The van der Waals surface area contributed by atoms with E-state index in [0.717, 1.165) is 36.5 Å². The minimum atomic E-state index is -4.32. The molecule has 2 heterocycles. The molecule has 2 aromatic rings. The maximum atomic E-state index is 12.5. The lowest BCUT2D eigenvalue weighted by atomic mass is 10.1. The molecule has 1 aromatic carbocycles. The van der Waals surface area contributed by atoms with Gasteiger partial charge in [-0.05, 0) is 24.3 Å². The Labute approximate surface area is 107 Å². The highest BCUT2D eigenvalue weighted by molar-refractivity contribution is 5.37. The quantitative estimate of drug-likeness (QED) is 0.859. The third kappa shape index (κ3) is 2.21. The molecular formula is C12H11F3N4. The Morgan fingerprint density at radius 3 is 2.58 bits per heavy atom. The van der Waals surface area contributed by atoms with Gasteiger partial charge in [-0.3, -0.25) is 0 Å². The average Bonchev–Trinajstić information content (AvgIpc) is 2.82. The van der Waals surface area contributed by atoms with Crippen LogP contribution in [0.25, 0.3) is 5.69 Å². The zero-order chi connectivity index (χ0) is 13.5. The van der Waals surface area contributed by atoms with E-state index in [4.69, 9.17) is 0 Å². The van der Waals surface area contributed by atoms with Crippen LogP contribution in [0.15, 0.2) is 24.3 Å². The number of nitrogens with zero attached hydrogens (tertiary/aromatic N) is 3. The van der Waals surface area contributed by atoms with Crippen molar-refractivity contribution in [1.29, 1.82) is 0 Å². The van der Waals surface area contributed by atoms with Gasteiger partial charge in [0.2, 0.25) is 0 Å². The Bertz CT molecular complexity index is 586. The molecule has 100 valence electrons. The number of benzene rings is 1. The summed E-state index contributed by atoms with van der Waals surface area (Å²) < 4.78 is 39.1. The van der Waals surface area contributed by atoms with Crippen molar-refractivity contribution in [2.45, 2.75) is 19.1 Å². The van der Waals surface area contributed by atoms with E-state index < -0.39 is 11.7 Å². The molecule has 4 nitrogen and oxygen atoms in total. The third-order valence-corrected chi connectivity index (χ3v) is 3.11. The number of hydrogen-bond donors (Lipinski definition) is 1. The van der Waals surface area contributed by atoms with E-state index in [1.165, 1.54) is 12.1 Å². The van der Waals surface area contributed by atoms with E-state index in [0.29, 0.717) is 12.2 Å². The predicted molar refractivity (Wildman–Crippen MR) is 61.8 cm³/mol. The van der Waals surface area contributed by atoms with Gasteiger partial charge < -0.3 is 5.32 Å². The number of fused-ring (bicyclic) bond motifs is 1. The minimum absolute atomic E-state index is 0.588. The Morgan fingerprint density at radius 1 is 1.16 bits per heavy atom. The molecule has 0 saturated heterocycles. The molecule has 1 aliphatic heterocycles. The molecule has 3 rings (SSSR count). The molecule has 7 heteroatoms. The molecule has 0 atom stereocenters. The Balaban J connectivity index is 1.97. The molecule has 0 saturated carbocycles. The molecule has 0 amide bonds. The zero-order valence-corrected chi connectivity index (χ0v) is 9.91. The Hall–Kier alpha value is -1.89. The molecule has 0 bridgehead atoms. The van der Waals surface area contributed by atoms with Crippen LogP contribution in [0.1, 0.15) is 17.0 Å². The van der Waals surface area contributed by atoms with Gasteiger partial charge in [-0.15, -0.1) is 5.10 Å². The van der Waals surface area contributed by atoms with E-state index >= 15 is 0 Å². The number of rotatable bonds is 1. The molecular weight excluding hydrogens is 257 g/mol. The summed E-state index contributed by atoms with van der Waals surface area (Å²) in [5.74, 6) is 0. The van der Waals surface area contributed by atoms with E-state index in [9.17, 15) is 13.2 Å². The molecule has 0 unspecified atom stereocenters. The van der Waals surface area contributed by atoms with Gasteiger partial charge in [0.25, 0.3) is 0 Å². The number of nitrogens with one attached hydrogen (secondary N) is 1. The molecule has 1 aromatic heterocycles. The number of alkyl halides is 3. The van der Waals surface area contributed by atoms with Gasteiger partial charge in [-0.2, -0.15) is 13.2 Å². The largest absolute Gasteiger partial charge is 0.416 e. The van der Waals surface area contributed by atoms with Crippen molar-refractivity contribution in [3.05, 3.63) is 41.2 Å². The summed E-state index contributed by atoms with van der Waals surface area (Å²) in [6.07, 6.45) is -3.53. The van der Waals surface area contributed by atoms with Gasteiger partial charge in [0, 0.05) is 19.5 Å². The van der Waals surface area contributed by atoms with Crippen molar-refractivity contribution in [2.75, 3.05) is 6.54 Å². The molecule has 0 radical (unpaired) electrons. The summed E-state index contributed by atoms with van der Waals surface area (Å²) in [5.41, 5.74) is 1.73. The van der Waals surface area contributed by atoms with Gasteiger partial charge in [-0.1, -0.05) is 5.21 Å². The Morgan fingerprint density at radius 2 is 1.89 bits per heavy atom. The van der Waals surface area contributed by atoms with Crippen molar-refractivity contribution in [1.82, 2.24) is 20.3 Å². The van der Waals surface area contributed by atoms with Crippen molar-refractivity contribution < 1.29 is 13.2 Å². The van der Waals surface area contributed by atoms with Crippen LogP contribution >= 0.6 is 0 Å². The standard InChI is InChI=1S/C12H11F3N4/c13-12(14,15)8-1-3-9(4-2-8)19-11-7-16-6-5-10(11)17-18-19/h1-4,16H,5-7H2. The fraction of sp³-hybridized carbons (Fsp3) is 0.333. The first-order valence-corrected chi connectivity index (χ1v) is 5.87. The van der Waals surface area contributed by atoms with Crippen LogP contribution in [0.4, 0.5) is 13.2 Å². The van der Waals surface area contributed by atoms with Gasteiger partial charge in [0.05, 0.1) is 22.6 Å². The Kier molecular flexibility index (Phi) is 2.78. The number of hydrogen-bond acceptors (Lipinski definition) is 3. The topological polar surface area (TPSA) is 42.7 Å². The van der Waals surface area contributed by atoms with Crippen LogP contribution in [0.2, 0.25) is 0 Å². The smallest absolute Gasteiger partial charge is 0.311 e. The molecule has 0 fully saturated rings. The van der Waals surface area contributed by atoms with E-state index in [1.807, 2.05) is 0 Å². The van der Waals surface area contributed by atoms with Crippen LogP contribution in [0, 0.1) is 0 Å². The second-order valence-electron chi connectivity index (χ2n) is 4.37. The molecule has 1 aliphatic rings. The molecule has 0 spiro atoms. The van der Waals surface area contributed by atoms with Gasteiger partial charge in [-0.25, -0.2) is 4.68 Å². The van der Waals surface area contributed by atoms with E-state index in [2.05, 4.69) is 15.6 Å². The SMILES string of the molecule is FC(F)(F)c1ccc(-n2nnc3c2CNCC3)cc1. The van der Waals surface area contributed by atoms with Crippen molar-refractivity contribution in [2.24, 2.45) is 0 Å². The van der Waals surface area contributed by atoms with Crippen molar-refractivity contribution >= 4 is 0 Å². The van der Waals surface area contributed by atoms with E-state index in [1.54, 1.807) is 4.68 Å². The average molecular weight is 268 g/mol. The third-order valence-electron chi connectivity index (χ3n) is 3.11. The lowest BCUT2D eigenvalue weighted by Crippen LogP contribution is -2.25. The first-order valence-electron chi connectivity index (χ1n) is 5.87. The normalized spacial score (nSPS) is 15.3. The second kappa shape index (κ2) is 4.34. The first kappa shape index (κ1) is 12.2. The first-order chi connectivity index (χ1) is 9.05. The maximum Gasteiger partial charge on any atom is 0.416 e. The van der Waals surface area contributed by atoms with Crippen LogP contribution in [0.3, 0.4) is 0 Å². The fourth-order valence-corrected chi connectivity index (χ4v) is 2.12. The summed E-state index contributed by atoms with van der Waals surface area (Å²) in [5, 5.41) is 11.3. The highest BCUT2D eigenvalue weighted by Gasteiger charge is 2.30. The second-order valence-corrected chi connectivity index (χ2v) is 4.37. The molecule has 19 heavy (non-hydrogen) atoms. The van der Waals surface area contributed by atoms with Crippen LogP contribution in [-0.2, 0) is 19.1 Å². The van der Waals surface area contributed by atoms with Crippen LogP contribution in [-0.4, -0.2) is 21.5 Å². The summed E-state index contributed by atoms with van der Waals surface area (Å²) in [7, 11) is 0. The number of aromatic nitrogens is 3. The van der Waals surface area contributed by atoms with Crippen molar-refractivity contribution in [3.63, 3.8) is 0 Å². The number of halogens is 3. The van der Waals surface area contributed by atoms with Gasteiger partial charge in [0.15, 0.2) is 0 Å². The van der Waals surface area contributed by atoms with Crippen molar-refractivity contribution in [3.8, 4) is 5.69 Å². The van der Waals surface area contributed by atoms with E-state index in [-0.39, 0.29) is 0 Å². The summed E-state index contributed by atoms with van der Waals surface area (Å²) in [6, 6.07) is 4.93. The summed E-state index contributed by atoms with van der Waals surface area (Å²) >= 11 is 0. The minimum Gasteiger partial charge on any atom is -0.311 e. The van der Waals surface area contributed by atoms with Gasteiger partial charge >= 0.3 is 6.18 Å². The van der Waals surface area contributed by atoms with Crippen LogP contribution < -0.4 is 5.32 Å². The van der Waals surface area contributed by atoms with Crippen LogP contribution in [0.5, 0.6) is 0 Å².